The maximum absolute atomic E-state index is 12.9. The molecule has 31 heavy (non-hydrogen) atoms. The topological polar surface area (TPSA) is 41.7 Å². The quantitative estimate of drug-likeness (QED) is 0.667. The lowest BCUT2D eigenvalue weighted by Crippen LogP contribution is -3.28. The summed E-state index contributed by atoms with van der Waals surface area (Å²) in [5.74, 6) is 1.39. The van der Waals surface area contributed by atoms with Crippen molar-refractivity contribution in [2.24, 2.45) is 0 Å². The predicted octanol–water partition coefficient (Wildman–Crippen LogP) is -0.746. The summed E-state index contributed by atoms with van der Waals surface area (Å²) in [6, 6.07) is 17.2. The minimum Gasteiger partial charge on any atom is -0.493 e. The molecule has 3 aliphatic heterocycles. The second-order valence-electron chi connectivity index (χ2n) is 9.10. The van der Waals surface area contributed by atoms with Crippen LogP contribution in [0.2, 0.25) is 0 Å². The summed E-state index contributed by atoms with van der Waals surface area (Å²) in [5.41, 5.74) is 4.03. The maximum Gasteiger partial charge on any atom is 0.277 e. The first-order valence-electron chi connectivity index (χ1n) is 11.7. The number of carbonyl (C=O) groups excluding carboxylic acids is 1. The van der Waals surface area contributed by atoms with Crippen molar-refractivity contribution in [1.82, 2.24) is 4.90 Å². The van der Waals surface area contributed by atoms with Crippen LogP contribution in [-0.2, 0) is 17.8 Å². The Labute approximate surface area is 185 Å². The van der Waals surface area contributed by atoms with Crippen molar-refractivity contribution < 1.29 is 19.3 Å². The van der Waals surface area contributed by atoms with Crippen molar-refractivity contribution in [3.63, 3.8) is 0 Å². The number of nitrogens with one attached hydrogen (secondary N) is 2. The van der Waals surface area contributed by atoms with Gasteiger partial charge in [0.05, 0.1) is 6.61 Å². The van der Waals surface area contributed by atoms with E-state index in [1.807, 2.05) is 6.07 Å². The monoisotopic (exact) mass is 422 g/mol. The molecular formula is C25H34N4O2+2. The molecule has 3 heterocycles. The smallest absolute Gasteiger partial charge is 0.277 e. The lowest BCUT2D eigenvalue weighted by atomic mass is 10.1. The number of ether oxygens (including phenoxy) is 1. The molecule has 2 aromatic rings. The van der Waals surface area contributed by atoms with E-state index >= 15 is 0 Å². The molecule has 2 N–H and O–H groups in total. The molecule has 164 valence electrons. The highest BCUT2D eigenvalue weighted by Gasteiger charge is 2.28. The van der Waals surface area contributed by atoms with Crippen LogP contribution in [0.5, 0.6) is 5.75 Å². The number of hydrogen-bond acceptors (Lipinski definition) is 3. The molecule has 6 heteroatoms. The van der Waals surface area contributed by atoms with Gasteiger partial charge in [-0.2, -0.15) is 0 Å². The first kappa shape index (κ1) is 20.3. The summed E-state index contributed by atoms with van der Waals surface area (Å²) in [4.78, 5) is 20.4. The average molecular weight is 423 g/mol. The summed E-state index contributed by atoms with van der Waals surface area (Å²) < 4.78 is 5.62. The standard InChI is InChI=1S/C25H32N4O2/c30-25(29-15-13-28(14-16-29)23-4-2-1-3-5-23)20-27-11-9-26(10-12-27)19-21-6-7-24-22(18-21)8-17-31-24/h1-7,18H,8-17,19-20H2/p+2. The second kappa shape index (κ2) is 9.28. The minimum atomic E-state index is 0.324. The third-order valence-corrected chi connectivity index (χ3v) is 7.03. The van der Waals surface area contributed by atoms with Crippen molar-refractivity contribution >= 4 is 11.6 Å². The number of fused-ring (bicyclic) bond motifs is 1. The van der Waals surface area contributed by atoms with E-state index in [4.69, 9.17) is 4.74 Å². The van der Waals surface area contributed by atoms with Gasteiger partial charge in [-0.25, -0.2) is 0 Å². The summed E-state index contributed by atoms with van der Waals surface area (Å²) in [6.07, 6.45) is 1.04. The molecule has 2 aromatic carbocycles. The van der Waals surface area contributed by atoms with Gasteiger partial charge in [0.2, 0.25) is 0 Å². The Morgan fingerprint density at radius 1 is 0.903 bits per heavy atom. The normalized spacial score (nSPS) is 23.4. The molecule has 0 saturated carbocycles. The van der Waals surface area contributed by atoms with Gasteiger partial charge in [0.25, 0.3) is 5.91 Å². The SMILES string of the molecule is O=C(C[NH+]1CC[NH+](Cc2ccc3c(c2)CCO3)CC1)N1CCN(c2ccccc2)CC1. The van der Waals surface area contributed by atoms with Crippen LogP contribution in [0.15, 0.2) is 48.5 Å². The zero-order valence-corrected chi connectivity index (χ0v) is 18.3. The van der Waals surface area contributed by atoms with Gasteiger partial charge in [0.15, 0.2) is 6.54 Å². The average Bonchev–Trinajstić information content (AvgIpc) is 3.29. The van der Waals surface area contributed by atoms with Crippen molar-refractivity contribution in [2.45, 2.75) is 13.0 Å². The van der Waals surface area contributed by atoms with E-state index in [9.17, 15) is 4.79 Å². The van der Waals surface area contributed by atoms with Crippen molar-refractivity contribution in [3.05, 3.63) is 59.7 Å². The zero-order chi connectivity index (χ0) is 21.0. The van der Waals surface area contributed by atoms with E-state index in [0.29, 0.717) is 12.5 Å². The first-order valence-corrected chi connectivity index (χ1v) is 11.7. The number of hydrogen-bond donors (Lipinski definition) is 2. The third-order valence-electron chi connectivity index (χ3n) is 7.03. The van der Waals surface area contributed by atoms with Gasteiger partial charge >= 0.3 is 0 Å². The number of amides is 1. The molecule has 0 atom stereocenters. The molecule has 0 aliphatic carbocycles. The fourth-order valence-corrected chi connectivity index (χ4v) is 5.13. The van der Waals surface area contributed by atoms with Crippen molar-refractivity contribution in [1.29, 1.82) is 0 Å². The summed E-state index contributed by atoms with van der Waals surface area (Å²) in [5, 5.41) is 0. The number of quaternary nitrogens is 2. The Morgan fingerprint density at radius 2 is 1.65 bits per heavy atom. The van der Waals surface area contributed by atoms with Crippen molar-refractivity contribution in [2.75, 3.05) is 70.4 Å². The molecule has 0 spiro atoms. The lowest BCUT2D eigenvalue weighted by molar-refractivity contribution is -1.02. The van der Waals surface area contributed by atoms with Crippen LogP contribution < -0.4 is 19.4 Å². The molecule has 2 saturated heterocycles. The van der Waals surface area contributed by atoms with Crippen molar-refractivity contribution in [3.8, 4) is 5.75 Å². The molecule has 6 nitrogen and oxygen atoms in total. The Kier molecular flexibility index (Phi) is 6.09. The number of anilines is 1. The highest BCUT2D eigenvalue weighted by molar-refractivity contribution is 5.77. The summed E-state index contributed by atoms with van der Waals surface area (Å²) in [7, 11) is 0. The molecule has 0 radical (unpaired) electrons. The molecule has 1 amide bonds. The van der Waals surface area contributed by atoms with Crippen LogP contribution in [0.1, 0.15) is 11.1 Å². The third kappa shape index (κ3) is 4.86. The van der Waals surface area contributed by atoms with Crippen LogP contribution in [0.3, 0.4) is 0 Å². The number of para-hydroxylation sites is 1. The lowest BCUT2D eigenvalue weighted by Gasteiger charge is -2.37. The highest BCUT2D eigenvalue weighted by Crippen LogP contribution is 2.25. The second-order valence-corrected chi connectivity index (χ2v) is 9.10. The van der Waals surface area contributed by atoms with Crippen LogP contribution in [0.25, 0.3) is 0 Å². The largest absolute Gasteiger partial charge is 0.493 e. The first-order chi connectivity index (χ1) is 15.2. The van der Waals surface area contributed by atoms with Gasteiger partial charge < -0.3 is 24.3 Å². The Morgan fingerprint density at radius 3 is 2.42 bits per heavy atom. The highest BCUT2D eigenvalue weighted by atomic mass is 16.5. The van der Waals surface area contributed by atoms with Crippen LogP contribution in [0.4, 0.5) is 5.69 Å². The molecule has 2 fully saturated rings. The maximum atomic E-state index is 12.9. The number of carbonyl (C=O) groups is 1. The van der Waals surface area contributed by atoms with Crippen LogP contribution in [0, 0.1) is 0 Å². The van der Waals surface area contributed by atoms with Gasteiger partial charge in [0, 0.05) is 43.9 Å². The molecule has 0 aromatic heterocycles. The Bertz CT molecular complexity index is 888. The van der Waals surface area contributed by atoms with Crippen LogP contribution >= 0.6 is 0 Å². The Hall–Kier alpha value is -2.57. The molecule has 0 unspecified atom stereocenters. The van der Waals surface area contributed by atoms with Gasteiger partial charge in [-0.1, -0.05) is 18.2 Å². The van der Waals surface area contributed by atoms with E-state index < -0.39 is 0 Å². The predicted molar refractivity (Wildman–Crippen MR) is 121 cm³/mol. The molecule has 5 rings (SSSR count). The van der Waals surface area contributed by atoms with E-state index in [1.54, 1.807) is 4.90 Å². The van der Waals surface area contributed by atoms with E-state index in [-0.39, 0.29) is 0 Å². The molecular weight excluding hydrogens is 388 g/mol. The van der Waals surface area contributed by atoms with E-state index in [0.717, 1.165) is 77.7 Å². The zero-order valence-electron chi connectivity index (χ0n) is 18.3. The van der Waals surface area contributed by atoms with E-state index in [1.165, 1.54) is 21.7 Å². The van der Waals surface area contributed by atoms with E-state index in [2.05, 4.69) is 52.3 Å². The van der Waals surface area contributed by atoms with Gasteiger partial charge in [0.1, 0.15) is 38.5 Å². The van der Waals surface area contributed by atoms with Gasteiger partial charge in [-0.05, 0) is 35.9 Å². The number of piperazine rings is 2. The fourth-order valence-electron chi connectivity index (χ4n) is 5.13. The number of rotatable bonds is 5. The van der Waals surface area contributed by atoms with Gasteiger partial charge in [-0.3, -0.25) is 4.79 Å². The minimum absolute atomic E-state index is 0.324. The van der Waals surface area contributed by atoms with Gasteiger partial charge in [-0.15, -0.1) is 0 Å². The van der Waals surface area contributed by atoms with Crippen LogP contribution in [-0.4, -0.2) is 76.3 Å². The number of nitrogens with zero attached hydrogens (tertiary/aromatic N) is 2. The Balaban J connectivity index is 1.05. The summed E-state index contributed by atoms with van der Waals surface area (Å²) in [6.45, 7) is 10.5. The number of benzene rings is 2. The summed E-state index contributed by atoms with van der Waals surface area (Å²) >= 11 is 0. The fraction of sp³-hybridized carbons (Fsp3) is 0.480. The molecule has 3 aliphatic rings. The molecule has 0 bridgehead atoms.